The summed E-state index contributed by atoms with van der Waals surface area (Å²) in [6.45, 7) is 7.10. The molecule has 0 aromatic carbocycles. The first-order valence-electron chi connectivity index (χ1n) is 12.0. The van der Waals surface area contributed by atoms with Gasteiger partial charge in [-0.3, -0.25) is 9.88 Å². The highest BCUT2D eigenvalue weighted by Gasteiger charge is 2.40. The maximum atomic E-state index is 14.1. The van der Waals surface area contributed by atoms with Crippen LogP contribution in [0.15, 0.2) is 42.3 Å². The number of fused-ring (bicyclic) bond motifs is 1. The molecule has 2 atom stereocenters. The number of aliphatic hydroxyl groups is 1. The molecular formula is C25H32FN7O2. The molecule has 1 saturated heterocycles. The van der Waals surface area contributed by atoms with Gasteiger partial charge < -0.3 is 25.4 Å². The van der Waals surface area contributed by atoms with Crippen LogP contribution in [0.4, 0.5) is 21.7 Å². The SMILES string of the molecule is CCOc1nc(N)c2c(n1)N(CC1=CCC(CN3CC(C)(O)C3)C=C1)C(c1cncc(F)c1)N2C. The fourth-order valence-corrected chi connectivity index (χ4v) is 5.29. The molecule has 4 heterocycles. The number of β-amino-alcohol motifs (C(OH)–C–C–N with tert-alkyl or cyclic N) is 1. The molecule has 10 heteroatoms. The van der Waals surface area contributed by atoms with Gasteiger partial charge in [-0.2, -0.15) is 9.97 Å². The van der Waals surface area contributed by atoms with Crippen molar-refractivity contribution in [2.75, 3.05) is 55.4 Å². The van der Waals surface area contributed by atoms with Crippen molar-refractivity contribution in [3.63, 3.8) is 0 Å². The quantitative estimate of drug-likeness (QED) is 0.617. The Morgan fingerprint density at radius 2 is 2.09 bits per heavy atom. The molecule has 2 aromatic rings. The van der Waals surface area contributed by atoms with Crippen LogP contribution in [0.1, 0.15) is 32.0 Å². The number of aromatic nitrogens is 3. The highest BCUT2D eigenvalue weighted by Crippen LogP contribution is 2.47. The standard InChI is InChI=1S/C25H32FN7O2/c1-4-35-24-29-21(27)20-22(30-24)33(23(31(20)3)18-9-19(26)11-28-10-18)13-17-7-5-16(6-8-17)12-32-14-25(2,34)15-32/h5,7-11,16,23,34H,4,6,12-15H2,1-3H3,(H2,27,29,30). The summed E-state index contributed by atoms with van der Waals surface area (Å²) in [6.07, 6.45) is 10.1. The van der Waals surface area contributed by atoms with E-state index in [1.165, 1.54) is 12.3 Å². The van der Waals surface area contributed by atoms with Crippen molar-refractivity contribution >= 4 is 17.3 Å². The molecule has 1 aliphatic carbocycles. The number of hydrogen-bond acceptors (Lipinski definition) is 9. The fraction of sp³-hybridized carbons (Fsp3) is 0.480. The summed E-state index contributed by atoms with van der Waals surface area (Å²) in [6, 6.07) is 1.71. The van der Waals surface area contributed by atoms with Gasteiger partial charge >= 0.3 is 6.01 Å². The summed E-state index contributed by atoms with van der Waals surface area (Å²) in [5, 5.41) is 9.99. The van der Waals surface area contributed by atoms with Crippen LogP contribution < -0.4 is 20.3 Å². The number of likely N-dealkylation sites (tertiary alicyclic amines) is 1. The van der Waals surface area contributed by atoms with Crippen molar-refractivity contribution in [2.45, 2.75) is 32.0 Å². The average Bonchev–Trinajstić information content (AvgIpc) is 3.05. The Balaban J connectivity index is 1.40. The Labute approximate surface area is 204 Å². The lowest BCUT2D eigenvalue weighted by molar-refractivity contribution is -0.0863. The van der Waals surface area contributed by atoms with E-state index in [1.807, 2.05) is 25.8 Å². The van der Waals surface area contributed by atoms with Crippen LogP contribution in [-0.4, -0.2) is 70.4 Å². The van der Waals surface area contributed by atoms with E-state index in [9.17, 15) is 9.50 Å². The summed E-state index contributed by atoms with van der Waals surface area (Å²) >= 11 is 0. The summed E-state index contributed by atoms with van der Waals surface area (Å²) in [7, 11) is 1.90. The highest BCUT2D eigenvalue weighted by atomic mass is 19.1. The molecular weight excluding hydrogens is 449 g/mol. The van der Waals surface area contributed by atoms with Crippen molar-refractivity contribution in [3.05, 3.63) is 53.6 Å². The zero-order chi connectivity index (χ0) is 24.7. The second-order valence-corrected chi connectivity index (χ2v) is 9.85. The molecule has 2 unspecified atom stereocenters. The Morgan fingerprint density at radius 3 is 2.74 bits per heavy atom. The summed E-state index contributed by atoms with van der Waals surface area (Å²) in [4.78, 5) is 19.4. The molecule has 3 N–H and O–H groups in total. The van der Waals surface area contributed by atoms with E-state index >= 15 is 0 Å². The van der Waals surface area contributed by atoms with Crippen molar-refractivity contribution in [1.82, 2.24) is 19.9 Å². The summed E-state index contributed by atoms with van der Waals surface area (Å²) in [5.41, 5.74) is 8.29. The zero-order valence-corrected chi connectivity index (χ0v) is 20.4. The smallest absolute Gasteiger partial charge is 0.320 e. The first-order valence-corrected chi connectivity index (χ1v) is 12.0. The van der Waals surface area contributed by atoms with Crippen molar-refractivity contribution in [3.8, 4) is 6.01 Å². The van der Waals surface area contributed by atoms with Crippen LogP contribution in [0.25, 0.3) is 0 Å². The number of halogens is 1. The van der Waals surface area contributed by atoms with Crippen LogP contribution in [0.2, 0.25) is 0 Å². The molecule has 3 aliphatic rings. The lowest BCUT2D eigenvalue weighted by Crippen LogP contribution is -2.60. The second-order valence-electron chi connectivity index (χ2n) is 9.85. The second kappa shape index (κ2) is 9.09. The predicted octanol–water partition coefficient (Wildman–Crippen LogP) is 2.52. The van der Waals surface area contributed by atoms with Gasteiger partial charge in [-0.1, -0.05) is 18.2 Å². The normalized spacial score (nSPS) is 23.2. The molecule has 5 rings (SSSR count). The van der Waals surface area contributed by atoms with Crippen LogP contribution in [-0.2, 0) is 0 Å². The summed E-state index contributed by atoms with van der Waals surface area (Å²) < 4.78 is 19.7. The monoisotopic (exact) mass is 481 g/mol. The third kappa shape index (κ3) is 4.68. The van der Waals surface area contributed by atoms with Gasteiger partial charge in [0.2, 0.25) is 0 Å². The molecule has 0 amide bonds. The molecule has 35 heavy (non-hydrogen) atoms. The van der Waals surface area contributed by atoms with Crippen LogP contribution in [0.5, 0.6) is 6.01 Å². The Kier molecular flexibility index (Phi) is 6.10. The molecule has 2 aromatic heterocycles. The fourth-order valence-electron chi connectivity index (χ4n) is 5.29. The lowest BCUT2D eigenvalue weighted by atomic mass is 9.91. The van der Waals surface area contributed by atoms with E-state index in [1.54, 1.807) is 6.20 Å². The molecule has 9 nitrogen and oxygen atoms in total. The molecule has 0 saturated carbocycles. The number of anilines is 3. The molecule has 0 radical (unpaired) electrons. The predicted molar refractivity (Wildman–Crippen MR) is 133 cm³/mol. The zero-order valence-electron chi connectivity index (χ0n) is 20.4. The van der Waals surface area contributed by atoms with Gasteiger partial charge in [0.05, 0.1) is 18.4 Å². The maximum Gasteiger partial charge on any atom is 0.320 e. The largest absolute Gasteiger partial charge is 0.464 e. The molecule has 1 fully saturated rings. The van der Waals surface area contributed by atoms with Gasteiger partial charge in [0.15, 0.2) is 11.6 Å². The minimum absolute atomic E-state index is 0.221. The number of ether oxygens (including phenoxy) is 1. The van der Waals surface area contributed by atoms with E-state index < -0.39 is 11.4 Å². The number of nitrogen functional groups attached to an aromatic ring is 1. The highest BCUT2D eigenvalue weighted by molar-refractivity contribution is 5.83. The van der Waals surface area contributed by atoms with E-state index in [0.717, 1.165) is 31.6 Å². The molecule has 2 aliphatic heterocycles. The third-order valence-corrected chi connectivity index (χ3v) is 6.70. The number of nitrogens with two attached hydrogens (primary N) is 1. The van der Waals surface area contributed by atoms with E-state index in [2.05, 4.69) is 43.0 Å². The molecule has 0 bridgehead atoms. The Morgan fingerprint density at radius 1 is 1.29 bits per heavy atom. The van der Waals surface area contributed by atoms with Gasteiger partial charge in [0.25, 0.3) is 0 Å². The van der Waals surface area contributed by atoms with Crippen molar-refractivity contribution in [2.24, 2.45) is 5.92 Å². The average molecular weight is 482 g/mol. The number of nitrogens with zero attached hydrogens (tertiary/aromatic N) is 6. The van der Waals surface area contributed by atoms with E-state index in [-0.39, 0.29) is 12.2 Å². The number of rotatable bonds is 7. The topological polar surface area (TPSA) is 104 Å². The van der Waals surface area contributed by atoms with Crippen molar-refractivity contribution in [1.29, 1.82) is 0 Å². The van der Waals surface area contributed by atoms with Crippen LogP contribution in [0.3, 0.4) is 0 Å². The third-order valence-electron chi connectivity index (χ3n) is 6.70. The Hall–Kier alpha value is -3.24. The minimum Gasteiger partial charge on any atom is -0.464 e. The lowest BCUT2D eigenvalue weighted by Gasteiger charge is -2.45. The van der Waals surface area contributed by atoms with E-state index in [4.69, 9.17) is 10.5 Å². The first kappa shape index (κ1) is 23.5. The van der Waals surface area contributed by atoms with Gasteiger partial charge in [-0.05, 0) is 37.8 Å². The van der Waals surface area contributed by atoms with Crippen LogP contribution in [0, 0.1) is 11.7 Å². The van der Waals surface area contributed by atoms with Gasteiger partial charge in [-0.15, -0.1) is 0 Å². The minimum atomic E-state index is -0.556. The molecule has 186 valence electrons. The first-order chi connectivity index (χ1) is 16.7. The van der Waals surface area contributed by atoms with Gasteiger partial charge in [0.1, 0.15) is 17.7 Å². The Bertz CT molecular complexity index is 1160. The summed E-state index contributed by atoms with van der Waals surface area (Å²) in [5.74, 6) is 0.980. The number of pyridine rings is 1. The molecule has 0 spiro atoms. The number of hydrogen-bond donors (Lipinski definition) is 2. The number of allylic oxidation sites excluding steroid dienone is 1. The van der Waals surface area contributed by atoms with E-state index in [0.29, 0.717) is 42.0 Å². The van der Waals surface area contributed by atoms with Crippen LogP contribution >= 0.6 is 0 Å². The maximum absolute atomic E-state index is 14.1. The van der Waals surface area contributed by atoms with Gasteiger partial charge in [-0.25, -0.2) is 4.39 Å². The van der Waals surface area contributed by atoms with Gasteiger partial charge in [0, 0.05) is 45.0 Å². The van der Waals surface area contributed by atoms with Crippen molar-refractivity contribution < 1.29 is 14.2 Å².